The van der Waals surface area contributed by atoms with E-state index in [0.717, 1.165) is 31.2 Å². The molecule has 2 rings (SSSR count). The molecule has 1 N–H and O–H groups in total. The zero-order valence-corrected chi connectivity index (χ0v) is 12.5. The summed E-state index contributed by atoms with van der Waals surface area (Å²) in [6.45, 7) is 11.0. The maximum atomic E-state index is 4.61. The number of hydrogen-bond donors (Lipinski definition) is 1. The van der Waals surface area contributed by atoms with Crippen LogP contribution in [0.5, 0.6) is 0 Å². The Labute approximate surface area is 117 Å². The predicted octanol–water partition coefficient (Wildman–Crippen LogP) is 2.60. The Hall–Kier alpha value is -0.930. The summed E-state index contributed by atoms with van der Waals surface area (Å²) in [4.78, 5) is 7.10. The first-order valence-electron chi connectivity index (χ1n) is 7.55. The van der Waals surface area contributed by atoms with Crippen LogP contribution in [-0.4, -0.2) is 35.6 Å². The molecule has 0 bridgehead atoms. The Bertz CT molecular complexity index is 391. The molecule has 19 heavy (non-hydrogen) atoms. The van der Waals surface area contributed by atoms with Crippen LogP contribution in [0.2, 0.25) is 0 Å². The highest BCUT2D eigenvalue weighted by Crippen LogP contribution is 2.16. The molecule has 106 valence electrons. The molecular weight excluding hydrogens is 234 g/mol. The van der Waals surface area contributed by atoms with E-state index in [1.807, 2.05) is 0 Å². The molecule has 1 fully saturated rings. The lowest BCUT2D eigenvalue weighted by Crippen LogP contribution is -2.45. The summed E-state index contributed by atoms with van der Waals surface area (Å²) in [5.41, 5.74) is 2.30. The Kier molecular flexibility index (Phi) is 5.34. The summed E-state index contributed by atoms with van der Waals surface area (Å²) in [7, 11) is 0. The van der Waals surface area contributed by atoms with Gasteiger partial charge in [-0.2, -0.15) is 0 Å². The number of pyridine rings is 1. The minimum Gasteiger partial charge on any atom is -0.313 e. The molecule has 1 aliphatic heterocycles. The van der Waals surface area contributed by atoms with Crippen LogP contribution in [0.1, 0.15) is 38.1 Å². The molecule has 0 spiro atoms. The van der Waals surface area contributed by atoms with Crippen LogP contribution in [0.4, 0.5) is 0 Å². The van der Waals surface area contributed by atoms with E-state index in [-0.39, 0.29) is 0 Å². The number of aryl methyl sites for hydroxylation is 1. The Balaban J connectivity index is 1.89. The van der Waals surface area contributed by atoms with E-state index in [0.29, 0.717) is 6.04 Å². The van der Waals surface area contributed by atoms with Gasteiger partial charge in [0.05, 0.1) is 5.69 Å². The largest absolute Gasteiger partial charge is 0.313 e. The fraction of sp³-hybridized carbons (Fsp3) is 0.688. The monoisotopic (exact) mass is 261 g/mol. The summed E-state index contributed by atoms with van der Waals surface area (Å²) in [5, 5.41) is 3.65. The van der Waals surface area contributed by atoms with Crippen molar-refractivity contribution in [3.63, 3.8) is 0 Å². The molecule has 2 unspecified atom stereocenters. The van der Waals surface area contributed by atoms with Crippen molar-refractivity contribution in [1.29, 1.82) is 0 Å². The molecule has 0 aromatic carbocycles. The lowest BCUT2D eigenvalue weighted by molar-refractivity contribution is 0.205. The molecule has 1 saturated heterocycles. The lowest BCUT2D eigenvalue weighted by Gasteiger charge is -2.32. The number of likely N-dealkylation sites (N-methyl/N-ethyl adjacent to an activating group) is 1. The minimum atomic E-state index is 0.647. The number of nitrogens with one attached hydrogen (secondary N) is 1. The van der Waals surface area contributed by atoms with E-state index in [1.54, 1.807) is 0 Å². The molecule has 3 heteroatoms. The first kappa shape index (κ1) is 14.5. The van der Waals surface area contributed by atoms with E-state index in [4.69, 9.17) is 0 Å². The average molecular weight is 261 g/mol. The normalized spacial score (nSPS) is 23.8. The van der Waals surface area contributed by atoms with E-state index in [9.17, 15) is 0 Å². The standard InChI is InChI=1S/C16H27N3/c1-4-19(11-15-7-5-6-14(3)18-15)12-16-10-13(2)8-9-17-16/h5-7,13,16-17H,4,8-12H2,1-3H3. The number of rotatable bonds is 5. The van der Waals surface area contributed by atoms with E-state index >= 15 is 0 Å². The maximum Gasteiger partial charge on any atom is 0.0547 e. The van der Waals surface area contributed by atoms with Crippen LogP contribution in [0.25, 0.3) is 0 Å². The third kappa shape index (κ3) is 4.59. The van der Waals surface area contributed by atoms with Gasteiger partial charge < -0.3 is 5.32 Å². The van der Waals surface area contributed by atoms with Gasteiger partial charge in [0.15, 0.2) is 0 Å². The average Bonchev–Trinajstić information content (AvgIpc) is 2.38. The fourth-order valence-electron chi connectivity index (χ4n) is 2.89. The van der Waals surface area contributed by atoms with Crippen molar-refractivity contribution < 1.29 is 0 Å². The SMILES string of the molecule is CCN(Cc1cccc(C)n1)CC1CC(C)CCN1. The predicted molar refractivity (Wildman–Crippen MR) is 80.1 cm³/mol. The van der Waals surface area contributed by atoms with E-state index < -0.39 is 0 Å². The van der Waals surface area contributed by atoms with Crippen LogP contribution in [0.3, 0.4) is 0 Å². The second kappa shape index (κ2) is 7.01. The number of aromatic nitrogens is 1. The van der Waals surface area contributed by atoms with Gasteiger partial charge in [-0.1, -0.05) is 19.9 Å². The van der Waals surface area contributed by atoms with Crippen molar-refractivity contribution in [2.45, 2.75) is 46.2 Å². The molecule has 0 aliphatic carbocycles. The molecule has 1 aromatic heterocycles. The van der Waals surface area contributed by atoms with Crippen LogP contribution in [0.15, 0.2) is 18.2 Å². The zero-order chi connectivity index (χ0) is 13.7. The highest BCUT2D eigenvalue weighted by Gasteiger charge is 2.20. The van der Waals surface area contributed by atoms with Crippen molar-refractivity contribution in [2.75, 3.05) is 19.6 Å². The lowest BCUT2D eigenvalue weighted by atomic mass is 9.94. The number of piperidine rings is 1. The third-order valence-electron chi connectivity index (χ3n) is 4.01. The molecule has 0 radical (unpaired) electrons. The molecule has 0 amide bonds. The van der Waals surface area contributed by atoms with Crippen molar-refractivity contribution in [3.8, 4) is 0 Å². The second-order valence-corrected chi connectivity index (χ2v) is 5.88. The third-order valence-corrected chi connectivity index (χ3v) is 4.01. The zero-order valence-electron chi connectivity index (χ0n) is 12.5. The Morgan fingerprint density at radius 2 is 2.26 bits per heavy atom. The van der Waals surface area contributed by atoms with Gasteiger partial charge >= 0.3 is 0 Å². The van der Waals surface area contributed by atoms with Gasteiger partial charge in [0.2, 0.25) is 0 Å². The topological polar surface area (TPSA) is 28.2 Å². The second-order valence-electron chi connectivity index (χ2n) is 5.88. The van der Waals surface area contributed by atoms with Gasteiger partial charge in [-0.3, -0.25) is 9.88 Å². The molecule has 0 saturated carbocycles. The van der Waals surface area contributed by atoms with Crippen LogP contribution in [-0.2, 0) is 6.54 Å². The van der Waals surface area contributed by atoms with Gasteiger partial charge in [0.25, 0.3) is 0 Å². The van der Waals surface area contributed by atoms with Crippen LogP contribution >= 0.6 is 0 Å². The van der Waals surface area contributed by atoms with E-state index in [1.165, 1.54) is 25.1 Å². The Morgan fingerprint density at radius 3 is 2.95 bits per heavy atom. The summed E-state index contributed by atoms with van der Waals surface area (Å²) >= 11 is 0. The molecule has 2 heterocycles. The van der Waals surface area contributed by atoms with Gasteiger partial charge in [-0.05, 0) is 50.9 Å². The van der Waals surface area contributed by atoms with Gasteiger partial charge in [0, 0.05) is 24.8 Å². The highest BCUT2D eigenvalue weighted by molar-refractivity contribution is 5.09. The van der Waals surface area contributed by atoms with Crippen molar-refractivity contribution in [1.82, 2.24) is 15.2 Å². The smallest absolute Gasteiger partial charge is 0.0547 e. The molecule has 2 atom stereocenters. The molecule has 3 nitrogen and oxygen atoms in total. The van der Waals surface area contributed by atoms with Gasteiger partial charge in [0.1, 0.15) is 0 Å². The summed E-state index contributed by atoms with van der Waals surface area (Å²) in [6, 6.07) is 6.94. The van der Waals surface area contributed by atoms with Crippen molar-refractivity contribution in [3.05, 3.63) is 29.6 Å². The fourth-order valence-corrected chi connectivity index (χ4v) is 2.89. The first-order valence-corrected chi connectivity index (χ1v) is 7.55. The summed E-state index contributed by atoms with van der Waals surface area (Å²) in [6.07, 6.45) is 2.62. The van der Waals surface area contributed by atoms with Crippen LogP contribution in [0, 0.1) is 12.8 Å². The quantitative estimate of drug-likeness (QED) is 0.883. The van der Waals surface area contributed by atoms with Crippen molar-refractivity contribution >= 4 is 0 Å². The molecule has 1 aromatic rings. The first-order chi connectivity index (χ1) is 9.17. The van der Waals surface area contributed by atoms with Gasteiger partial charge in [-0.15, -0.1) is 0 Å². The van der Waals surface area contributed by atoms with Crippen molar-refractivity contribution in [2.24, 2.45) is 5.92 Å². The number of nitrogens with zero attached hydrogens (tertiary/aromatic N) is 2. The molecule has 1 aliphatic rings. The summed E-state index contributed by atoms with van der Waals surface area (Å²) in [5.74, 6) is 0.863. The van der Waals surface area contributed by atoms with E-state index in [2.05, 4.69) is 54.2 Å². The highest BCUT2D eigenvalue weighted by atomic mass is 15.2. The molecular formula is C16H27N3. The Morgan fingerprint density at radius 1 is 1.42 bits per heavy atom. The minimum absolute atomic E-state index is 0.647. The maximum absolute atomic E-state index is 4.61. The number of hydrogen-bond acceptors (Lipinski definition) is 3. The van der Waals surface area contributed by atoms with Gasteiger partial charge in [-0.25, -0.2) is 0 Å². The van der Waals surface area contributed by atoms with Crippen LogP contribution < -0.4 is 5.32 Å². The summed E-state index contributed by atoms with van der Waals surface area (Å²) < 4.78 is 0.